The van der Waals surface area contributed by atoms with Crippen LogP contribution in [0.15, 0.2) is 48.5 Å². The maximum absolute atomic E-state index is 3.47. The van der Waals surface area contributed by atoms with Crippen LogP contribution < -0.4 is 5.32 Å². The molecule has 0 amide bonds. The average Bonchev–Trinajstić information content (AvgIpc) is 2.47. The van der Waals surface area contributed by atoms with Crippen molar-refractivity contribution in [3.05, 3.63) is 65.2 Å². The van der Waals surface area contributed by atoms with Crippen LogP contribution in [0.25, 0.3) is 0 Å². The van der Waals surface area contributed by atoms with Crippen LogP contribution in [-0.4, -0.2) is 0 Å². The third-order valence-corrected chi connectivity index (χ3v) is 3.61. The first-order valence-electron chi connectivity index (χ1n) is 7.66. The van der Waals surface area contributed by atoms with Gasteiger partial charge in [-0.25, -0.2) is 0 Å². The minimum Gasteiger partial charge on any atom is -0.381 e. The van der Waals surface area contributed by atoms with Crippen molar-refractivity contribution in [1.29, 1.82) is 0 Å². The molecule has 0 saturated carbocycles. The Hall–Kier alpha value is -1.76. The second kappa shape index (κ2) is 7.74. The SMILES string of the molecule is CCCCCc1ccc(CNc2cccc(C)c2)cc1. The van der Waals surface area contributed by atoms with E-state index in [9.17, 15) is 0 Å². The van der Waals surface area contributed by atoms with Crippen molar-refractivity contribution in [3.8, 4) is 0 Å². The van der Waals surface area contributed by atoms with E-state index >= 15 is 0 Å². The molecular weight excluding hydrogens is 242 g/mol. The first-order chi connectivity index (χ1) is 9.78. The van der Waals surface area contributed by atoms with Crippen LogP contribution in [0.5, 0.6) is 0 Å². The molecule has 0 aromatic heterocycles. The summed E-state index contributed by atoms with van der Waals surface area (Å²) in [6.45, 7) is 5.26. The highest BCUT2D eigenvalue weighted by Gasteiger charge is 1.97. The van der Waals surface area contributed by atoms with Crippen LogP contribution in [0.2, 0.25) is 0 Å². The highest BCUT2D eigenvalue weighted by atomic mass is 14.9. The summed E-state index contributed by atoms with van der Waals surface area (Å²) < 4.78 is 0. The second-order valence-electron chi connectivity index (χ2n) is 5.50. The molecule has 2 aromatic rings. The number of nitrogens with one attached hydrogen (secondary N) is 1. The molecule has 1 heteroatoms. The topological polar surface area (TPSA) is 12.0 Å². The lowest BCUT2D eigenvalue weighted by Crippen LogP contribution is -1.99. The molecule has 106 valence electrons. The standard InChI is InChI=1S/C19H25N/c1-3-4-5-8-17-10-12-18(13-11-17)15-20-19-9-6-7-16(2)14-19/h6-7,9-14,20H,3-5,8,15H2,1-2H3. The van der Waals surface area contributed by atoms with Gasteiger partial charge in [0.25, 0.3) is 0 Å². The van der Waals surface area contributed by atoms with Gasteiger partial charge in [0.05, 0.1) is 0 Å². The van der Waals surface area contributed by atoms with Crippen molar-refractivity contribution in [2.45, 2.75) is 46.1 Å². The van der Waals surface area contributed by atoms with Crippen molar-refractivity contribution >= 4 is 5.69 Å². The molecule has 0 spiro atoms. The van der Waals surface area contributed by atoms with Crippen molar-refractivity contribution in [2.75, 3.05) is 5.32 Å². The number of aryl methyl sites for hydroxylation is 2. The number of unbranched alkanes of at least 4 members (excludes halogenated alkanes) is 2. The fourth-order valence-corrected chi connectivity index (χ4v) is 2.36. The van der Waals surface area contributed by atoms with Gasteiger partial charge in [0.2, 0.25) is 0 Å². The van der Waals surface area contributed by atoms with Crippen LogP contribution >= 0.6 is 0 Å². The monoisotopic (exact) mass is 267 g/mol. The summed E-state index contributed by atoms with van der Waals surface area (Å²) in [5.41, 5.74) is 5.28. The van der Waals surface area contributed by atoms with E-state index < -0.39 is 0 Å². The molecule has 0 aliphatic heterocycles. The van der Waals surface area contributed by atoms with Crippen LogP contribution in [-0.2, 0) is 13.0 Å². The van der Waals surface area contributed by atoms with E-state index in [2.05, 4.69) is 67.7 Å². The fourth-order valence-electron chi connectivity index (χ4n) is 2.36. The molecule has 0 heterocycles. The molecule has 0 aliphatic carbocycles. The van der Waals surface area contributed by atoms with Crippen molar-refractivity contribution in [3.63, 3.8) is 0 Å². The van der Waals surface area contributed by atoms with E-state index in [-0.39, 0.29) is 0 Å². The Bertz CT molecular complexity index is 514. The zero-order valence-electron chi connectivity index (χ0n) is 12.7. The molecule has 0 aliphatic rings. The van der Waals surface area contributed by atoms with Crippen molar-refractivity contribution < 1.29 is 0 Å². The van der Waals surface area contributed by atoms with Gasteiger partial charge in [0.1, 0.15) is 0 Å². The quantitative estimate of drug-likeness (QED) is 0.668. The van der Waals surface area contributed by atoms with Crippen LogP contribution in [0.1, 0.15) is 42.9 Å². The summed E-state index contributed by atoms with van der Waals surface area (Å²) in [6, 6.07) is 17.5. The first kappa shape index (κ1) is 14.6. The van der Waals surface area contributed by atoms with Crippen LogP contribution in [0, 0.1) is 6.92 Å². The number of benzene rings is 2. The number of rotatable bonds is 7. The van der Waals surface area contributed by atoms with Crippen LogP contribution in [0.4, 0.5) is 5.69 Å². The van der Waals surface area contributed by atoms with Crippen molar-refractivity contribution in [2.24, 2.45) is 0 Å². The predicted octanol–water partition coefficient (Wildman–Crippen LogP) is 5.34. The van der Waals surface area contributed by atoms with Gasteiger partial charge in [0, 0.05) is 12.2 Å². The van der Waals surface area contributed by atoms with Gasteiger partial charge in [-0.2, -0.15) is 0 Å². The fraction of sp³-hybridized carbons (Fsp3) is 0.368. The highest BCUT2D eigenvalue weighted by molar-refractivity contribution is 5.46. The van der Waals surface area contributed by atoms with Crippen LogP contribution in [0.3, 0.4) is 0 Å². The van der Waals surface area contributed by atoms with Gasteiger partial charge < -0.3 is 5.32 Å². The minimum atomic E-state index is 0.888. The van der Waals surface area contributed by atoms with E-state index in [1.54, 1.807) is 0 Å². The van der Waals surface area contributed by atoms with Gasteiger partial charge in [-0.3, -0.25) is 0 Å². The van der Waals surface area contributed by atoms with E-state index in [1.807, 2.05) is 0 Å². The molecule has 0 unspecified atom stereocenters. The zero-order valence-corrected chi connectivity index (χ0v) is 12.7. The van der Waals surface area contributed by atoms with E-state index in [1.165, 1.54) is 48.1 Å². The molecule has 1 nitrogen and oxygen atoms in total. The molecule has 1 N–H and O–H groups in total. The molecular formula is C19H25N. The third-order valence-electron chi connectivity index (χ3n) is 3.61. The summed E-state index contributed by atoms with van der Waals surface area (Å²) in [7, 11) is 0. The summed E-state index contributed by atoms with van der Waals surface area (Å²) >= 11 is 0. The largest absolute Gasteiger partial charge is 0.381 e. The molecule has 0 bridgehead atoms. The molecule has 2 aromatic carbocycles. The maximum atomic E-state index is 3.47. The van der Waals surface area contributed by atoms with Gasteiger partial charge in [0.15, 0.2) is 0 Å². The van der Waals surface area contributed by atoms with E-state index in [4.69, 9.17) is 0 Å². The molecule has 0 atom stereocenters. The van der Waals surface area contributed by atoms with Gasteiger partial charge in [-0.05, 0) is 48.6 Å². The van der Waals surface area contributed by atoms with E-state index in [0.29, 0.717) is 0 Å². The lowest BCUT2D eigenvalue weighted by Gasteiger charge is -2.08. The Morgan fingerprint density at radius 3 is 2.35 bits per heavy atom. The Morgan fingerprint density at radius 2 is 1.65 bits per heavy atom. The number of anilines is 1. The molecule has 0 saturated heterocycles. The Balaban J connectivity index is 1.84. The second-order valence-corrected chi connectivity index (χ2v) is 5.50. The lowest BCUT2D eigenvalue weighted by atomic mass is 10.1. The summed E-state index contributed by atoms with van der Waals surface area (Å²) in [6.07, 6.45) is 5.13. The smallest absolute Gasteiger partial charge is 0.0400 e. The summed E-state index contributed by atoms with van der Waals surface area (Å²) in [5.74, 6) is 0. The number of hydrogen-bond acceptors (Lipinski definition) is 1. The molecule has 20 heavy (non-hydrogen) atoms. The third kappa shape index (κ3) is 4.73. The van der Waals surface area contributed by atoms with Gasteiger partial charge in [-0.15, -0.1) is 0 Å². The highest BCUT2D eigenvalue weighted by Crippen LogP contribution is 2.13. The maximum Gasteiger partial charge on any atom is 0.0400 e. The van der Waals surface area contributed by atoms with E-state index in [0.717, 1.165) is 6.54 Å². The molecule has 0 fully saturated rings. The average molecular weight is 267 g/mol. The zero-order chi connectivity index (χ0) is 14.2. The predicted molar refractivity (Wildman–Crippen MR) is 88.2 cm³/mol. The summed E-state index contributed by atoms with van der Waals surface area (Å²) in [5, 5.41) is 3.47. The first-order valence-corrected chi connectivity index (χ1v) is 7.66. The Labute approximate surface area is 123 Å². The number of hydrogen-bond donors (Lipinski definition) is 1. The van der Waals surface area contributed by atoms with Gasteiger partial charge >= 0.3 is 0 Å². The normalized spacial score (nSPS) is 10.5. The molecule has 0 radical (unpaired) electrons. The molecule has 2 rings (SSSR count). The summed E-state index contributed by atoms with van der Waals surface area (Å²) in [4.78, 5) is 0. The lowest BCUT2D eigenvalue weighted by molar-refractivity contribution is 0.717. The Kier molecular flexibility index (Phi) is 5.67. The Morgan fingerprint density at radius 1 is 0.900 bits per heavy atom. The van der Waals surface area contributed by atoms with Crippen molar-refractivity contribution in [1.82, 2.24) is 0 Å². The van der Waals surface area contributed by atoms with Gasteiger partial charge in [-0.1, -0.05) is 56.2 Å². The minimum absolute atomic E-state index is 0.888.